The molecule has 1 aromatic heterocycles. The lowest BCUT2D eigenvalue weighted by molar-refractivity contribution is -0.274. The summed E-state index contributed by atoms with van der Waals surface area (Å²) in [5.74, 6) is -1.48. The van der Waals surface area contributed by atoms with Crippen molar-refractivity contribution in [2.24, 2.45) is 0 Å². The monoisotopic (exact) mass is 391 g/mol. The fraction of sp³-hybridized carbons (Fsp3) is 0.118. The van der Waals surface area contributed by atoms with Crippen LogP contribution in [0.15, 0.2) is 48.5 Å². The summed E-state index contributed by atoms with van der Waals surface area (Å²) in [6.07, 6.45) is -4.79. The van der Waals surface area contributed by atoms with E-state index in [4.69, 9.17) is 0 Å². The average Bonchev–Trinajstić information content (AvgIpc) is 3.11. The van der Waals surface area contributed by atoms with Crippen molar-refractivity contribution < 1.29 is 27.5 Å². The van der Waals surface area contributed by atoms with Gasteiger partial charge < -0.3 is 10.1 Å². The third-order valence-electron chi connectivity index (χ3n) is 3.44. The number of tetrazole rings is 1. The molecule has 0 bridgehead atoms. The molecule has 1 amide bonds. The number of ether oxygens (including phenoxy) is 1. The first kappa shape index (κ1) is 19.0. The maximum absolute atomic E-state index is 12.2. The van der Waals surface area contributed by atoms with Gasteiger partial charge in [-0.3, -0.25) is 9.59 Å². The van der Waals surface area contributed by atoms with Gasteiger partial charge in [0.15, 0.2) is 5.78 Å². The third kappa shape index (κ3) is 4.69. The molecule has 0 fully saturated rings. The molecule has 0 aliphatic carbocycles. The van der Waals surface area contributed by atoms with Crippen LogP contribution >= 0.6 is 0 Å². The molecule has 0 saturated heterocycles. The summed E-state index contributed by atoms with van der Waals surface area (Å²) in [6.45, 7) is 1.40. The zero-order valence-corrected chi connectivity index (χ0v) is 14.3. The molecule has 144 valence electrons. The summed E-state index contributed by atoms with van der Waals surface area (Å²) >= 11 is 0. The van der Waals surface area contributed by atoms with Crippen molar-refractivity contribution in [3.05, 3.63) is 59.9 Å². The van der Waals surface area contributed by atoms with Gasteiger partial charge in [-0.05, 0) is 48.5 Å². The zero-order valence-electron chi connectivity index (χ0n) is 14.3. The number of hydrogen-bond acceptors (Lipinski definition) is 6. The summed E-state index contributed by atoms with van der Waals surface area (Å²) in [5, 5.41) is 13.7. The Balaban J connectivity index is 1.72. The van der Waals surface area contributed by atoms with Gasteiger partial charge in [0.25, 0.3) is 11.7 Å². The number of carbonyl (C=O) groups is 2. The van der Waals surface area contributed by atoms with Gasteiger partial charge in [-0.2, -0.15) is 0 Å². The Hall–Kier alpha value is -3.76. The van der Waals surface area contributed by atoms with Gasteiger partial charge in [0.2, 0.25) is 0 Å². The number of rotatable bonds is 5. The van der Waals surface area contributed by atoms with Crippen molar-refractivity contribution in [3.63, 3.8) is 0 Å². The number of Topliss-reactive ketones (excluding diaryl/α,β-unsaturated/α-hetero) is 1. The summed E-state index contributed by atoms with van der Waals surface area (Å²) < 4.78 is 40.3. The van der Waals surface area contributed by atoms with Gasteiger partial charge in [-0.15, -0.1) is 28.2 Å². The number of ketones is 1. The average molecular weight is 391 g/mol. The van der Waals surface area contributed by atoms with Crippen molar-refractivity contribution in [2.75, 3.05) is 5.32 Å². The normalized spacial score (nSPS) is 11.1. The minimum Gasteiger partial charge on any atom is -0.406 e. The summed E-state index contributed by atoms with van der Waals surface area (Å²) in [6, 6.07) is 11.0. The molecule has 8 nitrogen and oxygen atoms in total. The molecule has 2 aromatic carbocycles. The molecule has 11 heteroatoms. The van der Waals surface area contributed by atoms with E-state index in [1.807, 2.05) is 0 Å². The van der Waals surface area contributed by atoms with Crippen LogP contribution < -0.4 is 10.1 Å². The maximum atomic E-state index is 12.2. The van der Waals surface area contributed by atoms with Crippen LogP contribution in [0.1, 0.15) is 27.9 Å². The van der Waals surface area contributed by atoms with E-state index in [-0.39, 0.29) is 17.3 Å². The minimum atomic E-state index is -4.79. The minimum absolute atomic E-state index is 0.155. The number of amides is 1. The second-order valence-corrected chi connectivity index (χ2v) is 5.54. The largest absolute Gasteiger partial charge is 0.573 e. The van der Waals surface area contributed by atoms with Gasteiger partial charge >= 0.3 is 6.36 Å². The van der Waals surface area contributed by atoms with Crippen LogP contribution in [-0.4, -0.2) is 38.3 Å². The third-order valence-corrected chi connectivity index (χ3v) is 3.44. The Bertz CT molecular complexity index is 1020. The van der Waals surface area contributed by atoms with Crippen LogP contribution in [0.4, 0.5) is 18.9 Å². The fourth-order valence-electron chi connectivity index (χ4n) is 2.20. The van der Waals surface area contributed by atoms with E-state index in [1.54, 1.807) is 18.2 Å². The number of halogens is 3. The highest BCUT2D eigenvalue weighted by Crippen LogP contribution is 2.23. The highest BCUT2D eigenvalue weighted by molar-refractivity contribution is 6.02. The summed E-state index contributed by atoms with van der Waals surface area (Å²) in [5.41, 5.74) is 1.08. The number of carbonyl (C=O) groups excluding carboxylic acids is 2. The van der Waals surface area contributed by atoms with Gasteiger partial charge in [0.05, 0.1) is 5.69 Å². The molecule has 28 heavy (non-hydrogen) atoms. The fourth-order valence-corrected chi connectivity index (χ4v) is 2.20. The molecule has 0 saturated carbocycles. The second kappa shape index (κ2) is 7.47. The van der Waals surface area contributed by atoms with E-state index in [0.29, 0.717) is 11.3 Å². The molecule has 3 aromatic rings. The van der Waals surface area contributed by atoms with Crippen LogP contribution in [0.25, 0.3) is 5.69 Å². The summed E-state index contributed by atoms with van der Waals surface area (Å²) in [7, 11) is 0. The van der Waals surface area contributed by atoms with Crippen molar-refractivity contribution in [1.29, 1.82) is 0 Å². The first-order chi connectivity index (χ1) is 13.2. The molecule has 0 aliphatic heterocycles. The van der Waals surface area contributed by atoms with E-state index in [1.165, 1.54) is 25.1 Å². The lowest BCUT2D eigenvalue weighted by Gasteiger charge is -2.08. The lowest BCUT2D eigenvalue weighted by atomic mass is 10.1. The quantitative estimate of drug-likeness (QED) is 0.672. The van der Waals surface area contributed by atoms with Crippen LogP contribution in [-0.2, 0) is 0 Å². The molecule has 0 aliphatic rings. The van der Waals surface area contributed by atoms with Crippen LogP contribution in [0.2, 0.25) is 0 Å². The van der Waals surface area contributed by atoms with Gasteiger partial charge in [0.1, 0.15) is 5.75 Å². The van der Waals surface area contributed by atoms with Gasteiger partial charge in [0, 0.05) is 11.3 Å². The Morgan fingerprint density at radius 2 is 1.82 bits per heavy atom. The van der Waals surface area contributed by atoms with E-state index in [9.17, 15) is 22.8 Å². The topological polar surface area (TPSA) is 99.0 Å². The number of alkyl halides is 3. The second-order valence-electron chi connectivity index (χ2n) is 5.54. The molecule has 0 unspecified atom stereocenters. The smallest absolute Gasteiger partial charge is 0.406 e. The highest BCUT2D eigenvalue weighted by atomic mass is 19.4. The number of aromatic nitrogens is 4. The van der Waals surface area contributed by atoms with Crippen LogP contribution in [0.3, 0.4) is 0 Å². The molecule has 0 radical (unpaired) electrons. The van der Waals surface area contributed by atoms with Crippen molar-refractivity contribution in [1.82, 2.24) is 20.2 Å². The number of benzene rings is 2. The van der Waals surface area contributed by atoms with E-state index >= 15 is 0 Å². The number of hydrogen-bond donors (Lipinski definition) is 1. The predicted octanol–water partition coefficient (Wildman–Crippen LogP) is 3.02. The van der Waals surface area contributed by atoms with Crippen LogP contribution in [0.5, 0.6) is 5.75 Å². The first-order valence-corrected chi connectivity index (χ1v) is 7.80. The Labute approximate surface area is 155 Å². The SMILES string of the molecule is CC(=O)c1cccc(NC(=O)c2nnn(-c3ccc(OC(F)(F)F)cc3)n2)c1. The molecule has 1 heterocycles. The van der Waals surface area contributed by atoms with Gasteiger partial charge in [-0.1, -0.05) is 12.1 Å². The Morgan fingerprint density at radius 3 is 2.46 bits per heavy atom. The molecule has 1 N–H and O–H groups in total. The van der Waals surface area contributed by atoms with Crippen molar-refractivity contribution >= 4 is 17.4 Å². The van der Waals surface area contributed by atoms with Crippen molar-refractivity contribution in [3.8, 4) is 11.4 Å². The molecule has 0 atom stereocenters. The lowest BCUT2D eigenvalue weighted by Crippen LogP contribution is -2.17. The first-order valence-electron chi connectivity index (χ1n) is 7.80. The van der Waals surface area contributed by atoms with Crippen molar-refractivity contribution in [2.45, 2.75) is 13.3 Å². The Morgan fingerprint density at radius 1 is 1.11 bits per heavy atom. The predicted molar refractivity (Wildman–Crippen MR) is 90.2 cm³/mol. The Kier molecular flexibility index (Phi) is 5.07. The van der Waals surface area contributed by atoms with Crippen LogP contribution in [0, 0.1) is 0 Å². The molecule has 0 spiro atoms. The molecular weight excluding hydrogens is 379 g/mol. The molecule has 3 rings (SSSR count). The standard InChI is InChI=1S/C17H12F3N5O3/c1-10(26)11-3-2-4-12(9-11)21-16(27)15-22-24-25(23-15)13-5-7-14(8-6-13)28-17(18,19)20/h2-9H,1H3,(H,21,27). The number of nitrogens with zero attached hydrogens (tertiary/aromatic N) is 4. The maximum Gasteiger partial charge on any atom is 0.573 e. The highest BCUT2D eigenvalue weighted by Gasteiger charge is 2.31. The van der Waals surface area contributed by atoms with Gasteiger partial charge in [-0.25, -0.2) is 0 Å². The number of anilines is 1. The summed E-state index contributed by atoms with van der Waals surface area (Å²) in [4.78, 5) is 24.6. The van der Waals surface area contributed by atoms with E-state index in [0.717, 1.165) is 16.9 Å². The molecular formula is C17H12F3N5O3. The zero-order chi connectivity index (χ0) is 20.3. The van der Waals surface area contributed by atoms with E-state index < -0.39 is 18.0 Å². The number of nitrogens with one attached hydrogen (secondary N) is 1. The van der Waals surface area contributed by atoms with E-state index in [2.05, 4.69) is 25.5 Å².